The molecule has 23 heavy (non-hydrogen) atoms. The van der Waals surface area contributed by atoms with Gasteiger partial charge in [-0.3, -0.25) is 4.90 Å². The Morgan fingerprint density at radius 2 is 2.04 bits per heavy atom. The number of carbonyl (C=O) groups is 3. The number of hydrogen-bond acceptors (Lipinski definition) is 6. The predicted molar refractivity (Wildman–Crippen MR) is 80.5 cm³/mol. The van der Waals surface area contributed by atoms with Crippen molar-refractivity contribution in [2.45, 2.75) is 64.3 Å². The van der Waals surface area contributed by atoms with Crippen molar-refractivity contribution in [2.75, 3.05) is 6.61 Å². The van der Waals surface area contributed by atoms with E-state index in [4.69, 9.17) is 14.2 Å². The van der Waals surface area contributed by atoms with Crippen LogP contribution < -0.4 is 0 Å². The Kier molecular flexibility index (Phi) is 4.97. The first kappa shape index (κ1) is 17.3. The minimum Gasteiger partial charge on any atom is -0.464 e. The molecular formula is C16H23NO6. The number of ether oxygens (including phenoxy) is 3. The van der Waals surface area contributed by atoms with Crippen molar-refractivity contribution in [1.29, 1.82) is 0 Å². The van der Waals surface area contributed by atoms with Gasteiger partial charge in [-0.25, -0.2) is 14.4 Å². The molecule has 2 heterocycles. The number of esters is 2. The first-order valence-electron chi connectivity index (χ1n) is 7.79. The molecule has 0 aromatic heterocycles. The minimum atomic E-state index is -0.720. The maximum absolute atomic E-state index is 12.6. The molecule has 0 N–H and O–H groups in total. The third kappa shape index (κ3) is 4.03. The summed E-state index contributed by atoms with van der Waals surface area (Å²) in [5.74, 6) is -0.909. The van der Waals surface area contributed by atoms with Gasteiger partial charge >= 0.3 is 18.0 Å². The summed E-state index contributed by atoms with van der Waals surface area (Å²) in [7, 11) is 0. The lowest BCUT2D eigenvalue weighted by molar-refractivity contribution is -0.149. The summed E-state index contributed by atoms with van der Waals surface area (Å²) in [4.78, 5) is 37.4. The Balaban J connectivity index is 2.21. The van der Waals surface area contributed by atoms with Crippen LogP contribution in [0.5, 0.6) is 0 Å². The van der Waals surface area contributed by atoms with E-state index in [9.17, 15) is 14.4 Å². The summed E-state index contributed by atoms with van der Waals surface area (Å²) in [6, 6.07) is -1.15. The fourth-order valence-corrected chi connectivity index (χ4v) is 2.80. The number of rotatable bonds is 3. The summed E-state index contributed by atoms with van der Waals surface area (Å²) in [6.45, 7) is 7.21. The molecule has 0 spiro atoms. The van der Waals surface area contributed by atoms with E-state index in [-0.39, 0.29) is 6.61 Å². The van der Waals surface area contributed by atoms with Crippen molar-refractivity contribution in [3.8, 4) is 0 Å². The standard InChI is InChI=1S/C16H23NO6/c1-5-21-14(19)11-7-6-10(12-8-9-13(18)22-12)17(11)15(20)23-16(2,3)4/h8-12H,5-7H2,1-4H3/t10?,11-,12?/m0/s1. The second-order valence-corrected chi connectivity index (χ2v) is 6.56. The molecule has 1 saturated heterocycles. The predicted octanol–water partition coefficient (Wildman–Crippen LogP) is 1.80. The van der Waals surface area contributed by atoms with Crippen LogP contribution in [0.2, 0.25) is 0 Å². The average molecular weight is 325 g/mol. The molecule has 7 heteroatoms. The highest BCUT2D eigenvalue weighted by atomic mass is 16.6. The third-order valence-electron chi connectivity index (χ3n) is 3.65. The summed E-state index contributed by atoms with van der Waals surface area (Å²) in [5, 5.41) is 0. The van der Waals surface area contributed by atoms with E-state index in [1.54, 1.807) is 33.8 Å². The molecule has 3 atom stereocenters. The highest BCUT2D eigenvalue weighted by molar-refractivity contribution is 5.85. The van der Waals surface area contributed by atoms with Crippen LogP contribution >= 0.6 is 0 Å². The van der Waals surface area contributed by atoms with Crippen LogP contribution in [-0.2, 0) is 23.8 Å². The Labute approximate surface area is 135 Å². The smallest absolute Gasteiger partial charge is 0.411 e. The van der Waals surface area contributed by atoms with Gasteiger partial charge in [0.2, 0.25) is 0 Å². The van der Waals surface area contributed by atoms with Gasteiger partial charge in [0.1, 0.15) is 17.7 Å². The molecule has 0 aromatic carbocycles. The van der Waals surface area contributed by atoms with Crippen LogP contribution in [0, 0.1) is 0 Å². The lowest BCUT2D eigenvalue weighted by Crippen LogP contribution is -2.51. The molecule has 0 radical (unpaired) electrons. The first-order valence-corrected chi connectivity index (χ1v) is 7.79. The van der Waals surface area contributed by atoms with Crippen molar-refractivity contribution in [3.63, 3.8) is 0 Å². The molecule has 2 rings (SSSR count). The molecule has 1 amide bonds. The molecule has 0 bridgehead atoms. The summed E-state index contributed by atoms with van der Waals surface area (Å²) in [6.07, 6.45) is 2.76. The SMILES string of the molecule is CCOC(=O)[C@@H]1CCC(C2C=CC(=O)O2)N1C(=O)OC(C)(C)C. The van der Waals surface area contributed by atoms with Gasteiger partial charge in [-0.15, -0.1) is 0 Å². The third-order valence-corrected chi connectivity index (χ3v) is 3.65. The number of carbonyl (C=O) groups excluding carboxylic acids is 3. The maximum Gasteiger partial charge on any atom is 0.411 e. The monoisotopic (exact) mass is 325 g/mol. The molecular weight excluding hydrogens is 302 g/mol. The zero-order chi connectivity index (χ0) is 17.2. The van der Waals surface area contributed by atoms with Crippen LogP contribution in [0.15, 0.2) is 12.2 Å². The second-order valence-electron chi connectivity index (χ2n) is 6.56. The lowest BCUT2D eigenvalue weighted by Gasteiger charge is -2.33. The molecule has 2 aliphatic rings. The molecule has 2 aliphatic heterocycles. The summed E-state index contributed by atoms with van der Waals surface area (Å²) < 4.78 is 15.7. The van der Waals surface area contributed by atoms with Crippen molar-refractivity contribution < 1.29 is 28.6 Å². The van der Waals surface area contributed by atoms with Gasteiger partial charge in [0.15, 0.2) is 0 Å². The highest BCUT2D eigenvalue weighted by Crippen LogP contribution is 2.32. The minimum absolute atomic E-state index is 0.237. The van der Waals surface area contributed by atoms with Crippen molar-refractivity contribution >= 4 is 18.0 Å². The van der Waals surface area contributed by atoms with Gasteiger partial charge in [-0.1, -0.05) is 0 Å². The summed E-state index contributed by atoms with van der Waals surface area (Å²) >= 11 is 0. The Bertz CT molecular complexity index is 521. The summed E-state index contributed by atoms with van der Waals surface area (Å²) in [5.41, 5.74) is -0.689. The molecule has 0 aliphatic carbocycles. The van der Waals surface area contributed by atoms with Crippen LogP contribution in [0.4, 0.5) is 4.79 Å². The molecule has 7 nitrogen and oxygen atoms in total. The maximum atomic E-state index is 12.6. The molecule has 1 fully saturated rings. The second kappa shape index (κ2) is 6.60. The molecule has 128 valence electrons. The number of amides is 1. The number of cyclic esters (lactones) is 1. The zero-order valence-corrected chi connectivity index (χ0v) is 13.9. The average Bonchev–Trinajstić information content (AvgIpc) is 3.02. The number of likely N-dealkylation sites (tertiary alicyclic amines) is 1. The van der Waals surface area contributed by atoms with Crippen LogP contribution in [0.1, 0.15) is 40.5 Å². The lowest BCUT2D eigenvalue weighted by atomic mass is 10.1. The van der Waals surface area contributed by atoms with Crippen LogP contribution in [0.25, 0.3) is 0 Å². The Morgan fingerprint density at radius 1 is 1.35 bits per heavy atom. The van der Waals surface area contributed by atoms with Gasteiger partial charge in [0.05, 0.1) is 12.6 Å². The Hall–Kier alpha value is -2.05. The largest absolute Gasteiger partial charge is 0.464 e. The van der Waals surface area contributed by atoms with Crippen LogP contribution in [0.3, 0.4) is 0 Å². The fraction of sp³-hybridized carbons (Fsp3) is 0.688. The molecule has 2 unspecified atom stereocenters. The molecule has 0 aromatic rings. The van der Waals surface area contributed by atoms with Crippen molar-refractivity contribution in [2.24, 2.45) is 0 Å². The van der Waals surface area contributed by atoms with E-state index in [1.807, 2.05) is 0 Å². The highest BCUT2D eigenvalue weighted by Gasteiger charge is 2.47. The van der Waals surface area contributed by atoms with Gasteiger partial charge in [0.25, 0.3) is 0 Å². The fourth-order valence-electron chi connectivity index (χ4n) is 2.80. The Morgan fingerprint density at radius 3 is 2.57 bits per heavy atom. The van der Waals surface area contributed by atoms with E-state index in [1.165, 1.54) is 11.0 Å². The van der Waals surface area contributed by atoms with Crippen LogP contribution in [-0.4, -0.2) is 53.3 Å². The van der Waals surface area contributed by atoms with Gasteiger partial charge in [-0.05, 0) is 46.6 Å². The van der Waals surface area contributed by atoms with E-state index in [2.05, 4.69) is 0 Å². The van der Waals surface area contributed by atoms with Crippen molar-refractivity contribution in [1.82, 2.24) is 4.90 Å². The van der Waals surface area contributed by atoms with E-state index < -0.39 is 41.8 Å². The zero-order valence-electron chi connectivity index (χ0n) is 13.9. The van der Waals surface area contributed by atoms with Crippen molar-refractivity contribution in [3.05, 3.63) is 12.2 Å². The van der Waals surface area contributed by atoms with E-state index >= 15 is 0 Å². The van der Waals surface area contributed by atoms with E-state index in [0.717, 1.165) is 0 Å². The topological polar surface area (TPSA) is 82.1 Å². The van der Waals surface area contributed by atoms with Gasteiger partial charge in [0, 0.05) is 6.08 Å². The number of hydrogen-bond donors (Lipinski definition) is 0. The normalized spacial score (nSPS) is 27.0. The van der Waals surface area contributed by atoms with E-state index in [0.29, 0.717) is 12.8 Å². The van der Waals surface area contributed by atoms with Gasteiger partial charge < -0.3 is 14.2 Å². The first-order chi connectivity index (χ1) is 10.7. The quantitative estimate of drug-likeness (QED) is 0.581. The number of nitrogens with zero attached hydrogens (tertiary/aromatic N) is 1. The van der Waals surface area contributed by atoms with Gasteiger partial charge in [-0.2, -0.15) is 0 Å². The molecule has 0 saturated carbocycles.